The quantitative estimate of drug-likeness (QED) is 0.842. The van der Waals surface area contributed by atoms with Crippen molar-refractivity contribution in [3.05, 3.63) is 48.3 Å². The largest absolute Gasteiger partial charge is 0.479 e. The molecule has 0 spiro atoms. The summed E-state index contributed by atoms with van der Waals surface area (Å²) >= 11 is 0. The predicted molar refractivity (Wildman–Crippen MR) is 102 cm³/mol. The minimum Gasteiger partial charge on any atom is -0.479 e. The molecule has 0 saturated carbocycles. The van der Waals surface area contributed by atoms with Gasteiger partial charge in [-0.25, -0.2) is 0 Å². The number of carbonyl (C=O) groups excluding carboxylic acids is 3. The fraction of sp³-hybridized carbons (Fsp3) is 0.300. The van der Waals surface area contributed by atoms with Gasteiger partial charge in [0.15, 0.2) is 6.10 Å². The smallest absolute Gasteiger partial charge is 0.265 e. The van der Waals surface area contributed by atoms with Crippen LogP contribution < -0.4 is 15.4 Å². The summed E-state index contributed by atoms with van der Waals surface area (Å²) in [5.74, 6) is -0.401. The van der Waals surface area contributed by atoms with Crippen LogP contribution in [-0.2, 0) is 20.9 Å². The molecule has 2 aliphatic heterocycles. The van der Waals surface area contributed by atoms with Gasteiger partial charge < -0.3 is 20.3 Å². The van der Waals surface area contributed by atoms with Crippen molar-refractivity contribution in [1.82, 2.24) is 9.88 Å². The first kappa shape index (κ1) is 18.0. The van der Waals surface area contributed by atoms with Gasteiger partial charge in [-0.3, -0.25) is 19.4 Å². The lowest BCUT2D eigenvalue weighted by Crippen LogP contribution is -2.34. The molecule has 0 unspecified atom stereocenters. The van der Waals surface area contributed by atoms with E-state index in [4.69, 9.17) is 4.74 Å². The second-order valence-electron chi connectivity index (χ2n) is 6.95. The Balaban J connectivity index is 1.40. The molecule has 2 N–H and O–H groups in total. The number of rotatable bonds is 4. The lowest BCUT2D eigenvalue weighted by atomic mass is 10.1. The van der Waals surface area contributed by atoms with Crippen LogP contribution >= 0.6 is 0 Å². The molecule has 0 bridgehead atoms. The third kappa shape index (κ3) is 3.66. The Kier molecular flexibility index (Phi) is 4.68. The van der Waals surface area contributed by atoms with Gasteiger partial charge in [0.25, 0.3) is 5.91 Å². The highest BCUT2D eigenvalue weighted by molar-refractivity contribution is 6.00. The van der Waals surface area contributed by atoms with Crippen LogP contribution in [0.15, 0.2) is 42.6 Å². The van der Waals surface area contributed by atoms with Crippen molar-refractivity contribution in [2.45, 2.75) is 26.0 Å². The molecule has 1 aromatic heterocycles. The summed E-state index contributed by atoms with van der Waals surface area (Å²) in [7, 11) is 0. The van der Waals surface area contributed by atoms with Crippen molar-refractivity contribution in [2.75, 3.05) is 17.2 Å². The highest BCUT2D eigenvalue weighted by Gasteiger charge is 2.34. The Morgan fingerprint density at radius 3 is 2.96 bits per heavy atom. The number of hydrogen-bond donors (Lipinski definition) is 2. The second kappa shape index (κ2) is 7.30. The molecule has 0 radical (unpaired) electrons. The summed E-state index contributed by atoms with van der Waals surface area (Å²) in [5, 5.41) is 5.57. The van der Waals surface area contributed by atoms with E-state index in [2.05, 4.69) is 15.6 Å². The summed E-state index contributed by atoms with van der Waals surface area (Å²) in [4.78, 5) is 42.5. The first-order chi connectivity index (χ1) is 13.5. The van der Waals surface area contributed by atoms with Gasteiger partial charge in [-0.15, -0.1) is 0 Å². The maximum Gasteiger partial charge on any atom is 0.265 e. The van der Waals surface area contributed by atoms with E-state index in [1.165, 1.54) is 0 Å². The third-order valence-electron chi connectivity index (χ3n) is 4.84. The van der Waals surface area contributed by atoms with Gasteiger partial charge in [0.05, 0.1) is 23.8 Å². The molecule has 1 saturated heterocycles. The fourth-order valence-electron chi connectivity index (χ4n) is 3.32. The van der Waals surface area contributed by atoms with E-state index in [1.807, 2.05) is 18.2 Å². The number of anilines is 2. The van der Waals surface area contributed by atoms with Crippen molar-refractivity contribution in [3.63, 3.8) is 0 Å². The van der Waals surface area contributed by atoms with Crippen LogP contribution in [0.1, 0.15) is 19.0 Å². The van der Waals surface area contributed by atoms with E-state index in [1.54, 1.807) is 36.2 Å². The van der Waals surface area contributed by atoms with Crippen LogP contribution in [0, 0.1) is 5.92 Å². The summed E-state index contributed by atoms with van der Waals surface area (Å²) in [6.45, 7) is 2.41. The van der Waals surface area contributed by atoms with Crippen molar-refractivity contribution >= 4 is 29.1 Å². The van der Waals surface area contributed by atoms with Crippen LogP contribution in [0.25, 0.3) is 0 Å². The number of nitrogens with zero attached hydrogens (tertiary/aromatic N) is 2. The van der Waals surface area contributed by atoms with E-state index in [0.29, 0.717) is 30.2 Å². The Morgan fingerprint density at radius 2 is 2.18 bits per heavy atom. The first-order valence-corrected chi connectivity index (χ1v) is 9.10. The molecule has 4 rings (SSSR count). The Morgan fingerprint density at radius 1 is 1.32 bits per heavy atom. The van der Waals surface area contributed by atoms with Crippen molar-refractivity contribution in [2.24, 2.45) is 5.92 Å². The van der Waals surface area contributed by atoms with Crippen molar-refractivity contribution in [3.8, 4) is 5.75 Å². The Labute approximate surface area is 161 Å². The van der Waals surface area contributed by atoms with Gasteiger partial charge in [0.2, 0.25) is 11.8 Å². The van der Waals surface area contributed by atoms with Crippen LogP contribution in [0.3, 0.4) is 0 Å². The van der Waals surface area contributed by atoms with Crippen molar-refractivity contribution < 1.29 is 19.1 Å². The molecular formula is C20H20N4O4. The predicted octanol–water partition coefficient (Wildman–Crippen LogP) is 1.79. The van der Waals surface area contributed by atoms with Gasteiger partial charge in [-0.2, -0.15) is 0 Å². The number of aromatic nitrogens is 1. The number of ether oxygens (including phenoxy) is 1. The third-order valence-corrected chi connectivity index (χ3v) is 4.84. The summed E-state index contributed by atoms with van der Waals surface area (Å²) in [6, 6.07) is 10.6. The standard InChI is InChI=1S/C20H20N4O4/c1-12-19(26)23-16-9-14(5-6-17(16)28-12)22-20(27)13-8-18(25)24(10-13)11-15-4-2-3-7-21-15/h2-7,9,12-13H,8,10-11H2,1H3,(H,22,27)(H,23,26)/t12-,13+/m1/s1. The molecule has 3 heterocycles. The maximum atomic E-state index is 12.6. The summed E-state index contributed by atoms with van der Waals surface area (Å²) < 4.78 is 5.51. The zero-order chi connectivity index (χ0) is 19.7. The number of amides is 3. The SMILES string of the molecule is C[C@H]1Oc2ccc(NC(=O)[C@H]3CC(=O)N(Cc4ccccn4)C3)cc2NC1=O. The molecule has 3 amide bonds. The lowest BCUT2D eigenvalue weighted by Gasteiger charge is -2.23. The first-order valence-electron chi connectivity index (χ1n) is 9.10. The van der Waals surface area contributed by atoms with Crippen LogP contribution in [0.4, 0.5) is 11.4 Å². The average Bonchev–Trinajstić information content (AvgIpc) is 3.04. The minimum atomic E-state index is -0.553. The van der Waals surface area contributed by atoms with Crippen LogP contribution in [-0.4, -0.2) is 40.3 Å². The normalized spacial score (nSPS) is 21.0. The second-order valence-corrected chi connectivity index (χ2v) is 6.95. The van der Waals surface area contributed by atoms with Gasteiger partial charge in [-0.05, 0) is 37.3 Å². The van der Waals surface area contributed by atoms with E-state index in [-0.39, 0.29) is 24.1 Å². The number of pyridine rings is 1. The fourth-order valence-corrected chi connectivity index (χ4v) is 3.32. The zero-order valence-corrected chi connectivity index (χ0v) is 15.3. The van der Waals surface area contributed by atoms with Crippen LogP contribution in [0.5, 0.6) is 5.75 Å². The van der Waals surface area contributed by atoms with E-state index < -0.39 is 12.0 Å². The number of benzene rings is 1. The lowest BCUT2D eigenvalue weighted by molar-refractivity contribution is -0.128. The van der Waals surface area contributed by atoms with Crippen LogP contribution in [0.2, 0.25) is 0 Å². The van der Waals surface area contributed by atoms with Gasteiger partial charge in [0.1, 0.15) is 5.75 Å². The molecule has 2 atom stereocenters. The molecule has 144 valence electrons. The highest BCUT2D eigenvalue weighted by Crippen LogP contribution is 2.32. The molecule has 2 aromatic rings. The van der Waals surface area contributed by atoms with E-state index >= 15 is 0 Å². The van der Waals surface area contributed by atoms with E-state index in [0.717, 1.165) is 5.69 Å². The number of hydrogen-bond acceptors (Lipinski definition) is 5. The van der Waals surface area contributed by atoms with Crippen molar-refractivity contribution in [1.29, 1.82) is 0 Å². The molecule has 8 heteroatoms. The van der Waals surface area contributed by atoms with Gasteiger partial charge in [0, 0.05) is 24.8 Å². The minimum absolute atomic E-state index is 0.0640. The van der Waals surface area contributed by atoms with E-state index in [9.17, 15) is 14.4 Å². The zero-order valence-electron chi connectivity index (χ0n) is 15.3. The molecule has 2 aliphatic rings. The number of fused-ring (bicyclic) bond motifs is 1. The Bertz CT molecular complexity index is 931. The Hall–Kier alpha value is -3.42. The molecule has 1 fully saturated rings. The number of carbonyl (C=O) groups is 3. The number of likely N-dealkylation sites (tertiary alicyclic amines) is 1. The highest BCUT2D eigenvalue weighted by atomic mass is 16.5. The summed E-state index contributed by atoms with van der Waals surface area (Å²) in [5.41, 5.74) is 1.84. The molecule has 1 aromatic carbocycles. The molecule has 0 aliphatic carbocycles. The van der Waals surface area contributed by atoms with Gasteiger partial charge in [-0.1, -0.05) is 6.07 Å². The maximum absolute atomic E-state index is 12.6. The average molecular weight is 380 g/mol. The number of nitrogens with one attached hydrogen (secondary N) is 2. The topological polar surface area (TPSA) is 101 Å². The molecule has 28 heavy (non-hydrogen) atoms. The molecular weight excluding hydrogens is 360 g/mol. The molecule has 8 nitrogen and oxygen atoms in total. The monoisotopic (exact) mass is 380 g/mol. The van der Waals surface area contributed by atoms with Gasteiger partial charge >= 0.3 is 0 Å². The summed E-state index contributed by atoms with van der Waals surface area (Å²) in [6.07, 6.45) is 1.29.